The lowest BCUT2D eigenvalue weighted by atomic mass is 10.1. The molecule has 0 bridgehead atoms. The van der Waals surface area contributed by atoms with Gasteiger partial charge in [-0.3, -0.25) is 9.59 Å². The predicted molar refractivity (Wildman–Crippen MR) is 120 cm³/mol. The Morgan fingerprint density at radius 3 is 2.52 bits per heavy atom. The average molecular weight is 424 g/mol. The second kappa shape index (κ2) is 11.2. The molecule has 0 spiro atoms. The van der Waals surface area contributed by atoms with Crippen molar-refractivity contribution >= 4 is 23.5 Å². The summed E-state index contributed by atoms with van der Waals surface area (Å²) in [7, 11) is 1.53. The number of hydrogen-bond donors (Lipinski definition) is 1. The van der Waals surface area contributed by atoms with Crippen LogP contribution in [-0.2, 0) is 9.53 Å². The van der Waals surface area contributed by atoms with Gasteiger partial charge in [0.15, 0.2) is 23.9 Å². The minimum atomic E-state index is -0.196. The molecule has 7 heteroatoms. The molecule has 1 aliphatic rings. The molecule has 0 atom stereocenters. The summed E-state index contributed by atoms with van der Waals surface area (Å²) in [5.41, 5.74) is 2.51. The van der Waals surface area contributed by atoms with E-state index in [-0.39, 0.29) is 18.3 Å². The third kappa shape index (κ3) is 6.33. The van der Waals surface area contributed by atoms with E-state index in [1.807, 2.05) is 31.2 Å². The van der Waals surface area contributed by atoms with Gasteiger partial charge in [0.05, 0.1) is 20.3 Å². The first-order chi connectivity index (χ1) is 15.1. The quantitative estimate of drug-likeness (QED) is 0.493. The Bertz CT molecular complexity index is 918. The van der Waals surface area contributed by atoms with Crippen LogP contribution in [0.2, 0.25) is 0 Å². The van der Waals surface area contributed by atoms with Crippen LogP contribution in [0.5, 0.6) is 11.5 Å². The molecule has 2 aromatic rings. The van der Waals surface area contributed by atoms with Crippen molar-refractivity contribution < 1.29 is 23.8 Å². The average Bonchev–Trinajstić information content (AvgIpc) is 2.82. The van der Waals surface area contributed by atoms with Crippen molar-refractivity contribution in [2.75, 3.05) is 51.5 Å². The SMILES string of the molecule is CCNC(=O)COc1ccc(/C=C/C(=O)c2ccc(N3CCOCC3)cc2)cc1OC. The third-order valence-electron chi connectivity index (χ3n) is 4.88. The van der Waals surface area contributed by atoms with E-state index in [9.17, 15) is 9.59 Å². The van der Waals surface area contributed by atoms with Gasteiger partial charge >= 0.3 is 0 Å². The second-order valence-electron chi connectivity index (χ2n) is 7.00. The molecule has 0 radical (unpaired) electrons. The Morgan fingerprint density at radius 1 is 1.10 bits per heavy atom. The summed E-state index contributed by atoms with van der Waals surface area (Å²) in [6.07, 6.45) is 3.27. The number of benzene rings is 2. The summed E-state index contributed by atoms with van der Waals surface area (Å²) in [6.45, 7) is 5.48. The first-order valence-corrected chi connectivity index (χ1v) is 10.3. The molecular weight excluding hydrogens is 396 g/mol. The van der Waals surface area contributed by atoms with Crippen LogP contribution in [0.1, 0.15) is 22.8 Å². The minimum absolute atomic E-state index is 0.0796. The number of nitrogens with zero attached hydrogens (tertiary/aromatic N) is 1. The smallest absolute Gasteiger partial charge is 0.257 e. The number of ether oxygens (including phenoxy) is 3. The Morgan fingerprint density at radius 2 is 1.84 bits per heavy atom. The molecule has 1 heterocycles. The summed E-state index contributed by atoms with van der Waals surface area (Å²) in [4.78, 5) is 26.4. The van der Waals surface area contributed by atoms with Gasteiger partial charge < -0.3 is 24.4 Å². The Balaban J connectivity index is 1.62. The third-order valence-corrected chi connectivity index (χ3v) is 4.88. The van der Waals surface area contributed by atoms with E-state index in [1.54, 1.807) is 24.3 Å². The molecule has 31 heavy (non-hydrogen) atoms. The van der Waals surface area contributed by atoms with E-state index in [4.69, 9.17) is 14.2 Å². The molecule has 2 aromatic carbocycles. The number of rotatable bonds is 9. The normalized spacial score (nSPS) is 13.8. The highest BCUT2D eigenvalue weighted by molar-refractivity contribution is 6.07. The van der Waals surface area contributed by atoms with Gasteiger partial charge in [-0.2, -0.15) is 0 Å². The van der Waals surface area contributed by atoms with E-state index >= 15 is 0 Å². The van der Waals surface area contributed by atoms with E-state index in [1.165, 1.54) is 13.2 Å². The Kier molecular flexibility index (Phi) is 8.06. The molecule has 7 nitrogen and oxygen atoms in total. The molecule has 3 rings (SSSR count). The lowest BCUT2D eigenvalue weighted by molar-refractivity contribution is -0.123. The number of hydrogen-bond acceptors (Lipinski definition) is 6. The standard InChI is InChI=1S/C24H28N2O5/c1-3-25-24(28)17-31-22-11-5-18(16-23(22)29-2)4-10-21(27)19-6-8-20(9-7-19)26-12-14-30-15-13-26/h4-11,16H,3,12-15,17H2,1-2H3,(H,25,28)/b10-4+. The Hall–Kier alpha value is -3.32. The van der Waals surface area contributed by atoms with Crippen LogP contribution in [-0.4, -0.2) is 58.3 Å². The Labute approximate surface area is 182 Å². The van der Waals surface area contributed by atoms with Gasteiger partial charge in [0.25, 0.3) is 5.91 Å². The van der Waals surface area contributed by atoms with E-state index < -0.39 is 0 Å². The van der Waals surface area contributed by atoms with Crippen LogP contribution in [0.3, 0.4) is 0 Å². The zero-order valence-corrected chi connectivity index (χ0v) is 17.9. The van der Waals surface area contributed by atoms with Crippen molar-refractivity contribution in [2.45, 2.75) is 6.92 Å². The van der Waals surface area contributed by atoms with Crippen LogP contribution >= 0.6 is 0 Å². The number of allylic oxidation sites excluding steroid dienone is 1. The highest BCUT2D eigenvalue weighted by atomic mass is 16.5. The number of carbonyl (C=O) groups excluding carboxylic acids is 2. The van der Waals surface area contributed by atoms with Crippen LogP contribution in [0.4, 0.5) is 5.69 Å². The zero-order valence-electron chi connectivity index (χ0n) is 17.9. The van der Waals surface area contributed by atoms with Crippen molar-refractivity contribution in [3.63, 3.8) is 0 Å². The van der Waals surface area contributed by atoms with Crippen LogP contribution in [0.15, 0.2) is 48.5 Å². The van der Waals surface area contributed by atoms with Gasteiger partial charge in [-0.1, -0.05) is 12.1 Å². The van der Waals surface area contributed by atoms with Gasteiger partial charge in [-0.15, -0.1) is 0 Å². The molecule has 0 saturated carbocycles. The molecule has 1 saturated heterocycles. The topological polar surface area (TPSA) is 77.1 Å². The zero-order chi connectivity index (χ0) is 22.1. The number of methoxy groups -OCH3 is 1. The number of anilines is 1. The molecule has 1 N–H and O–H groups in total. The minimum Gasteiger partial charge on any atom is -0.493 e. The second-order valence-corrected chi connectivity index (χ2v) is 7.00. The van der Waals surface area contributed by atoms with Gasteiger partial charge in [0, 0.05) is 30.9 Å². The van der Waals surface area contributed by atoms with Gasteiger partial charge in [-0.25, -0.2) is 0 Å². The van der Waals surface area contributed by atoms with Crippen LogP contribution in [0.25, 0.3) is 6.08 Å². The van der Waals surface area contributed by atoms with Crippen molar-refractivity contribution in [3.8, 4) is 11.5 Å². The van der Waals surface area contributed by atoms with Crippen molar-refractivity contribution in [3.05, 3.63) is 59.7 Å². The monoisotopic (exact) mass is 424 g/mol. The fourth-order valence-corrected chi connectivity index (χ4v) is 3.22. The van der Waals surface area contributed by atoms with E-state index in [2.05, 4.69) is 10.2 Å². The van der Waals surface area contributed by atoms with Crippen LogP contribution in [0, 0.1) is 0 Å². The van der Waals surface area contributed by atoms with Crippen LogP contribution < -0.4 is 19.7 Å². The number of nitrogens with one attached hydrogen (secondary N) is 1. The molecule has 0 aromatic heterocycles. The number of ketones is 1. The van der Waals surface area contributed by atoms with Gasteiger partial charge in [0.2, 0.25) is 0 Å². The first kappa shape index (κ1) is 22.4. The van der Waals surface area contributed by atoms with E-state index in [0.717, 1.165) is 37.6 Å². The van der Waals surface area contributed by atoms with Crippen molar-refractivity contribution in [1.29, 1.82) is 0 Å². The van der Waals surface area contributed by atoms with Gasteiger partial charge in [0.1, 0.15) is 0 Å². The van der Waals surface area contributed by atoms with Crippen molar-refractivity contribution in [1.82, 2.24) is 5.32 Å². The molecule has 1 amide bonds. The van der Waals surface area contributed by atoms with E-state index in [0.29, 0.717) is 23.6 Å². The maximum Gasteiger partial charge on any atom is 0.257 e. The van der Waals surface area contributed by atoms with Crippen molar-refractivity contribution in [2.24, 2.45) is 0 Å². The lowest BCUT2D eigenvalue weighted by Gasteiger charge is -2.28. The molecular formula is C24H28N2O5. The summed E-state index contributed by atoms with van der Waals surface area (Å²) in [5.74, 6) is 0.688. The number of amides is 1. The highest BCUT2D eigenvalue weighted by Crippen LogP contribution is 2.28. The fourth-order valence-electron chi connectivity index (χ4n) is 3.22. The summed E-state index contributed by atoms with van der Waals surface area (Å²) in [5, 5.41) is 2.67. The molecule has 0 aliphatic carbocycles. The number of morpholine rings is 1. The fraction of sp³-hybridized carbons (Fsp3) is 0.333. The van der Waals surface area contributed by atoms with Gasteiger partial charge in [-0.05, 0) is 55.0 Å². The highest BCUT2D eigenvalue weighted by Gasteiger charge is 2.12. The number of carbonyl (C=O) groups is 2. The maximum atomic E-state index is 12.5. The predicted octanol–water partition coefficient (Wildman–Crippen LogP) is 2.94. The number of likely N-dealkylation sites (N-methyl/N-ethyl adjacent to an activating group) is 1. The lowest BCUT2D eigenvalue weighted by Crippen LogP contribution is -2.36. The first-order valence-electron chi connectivity index (χ1n) is 10.3. The molecule has 164 valence electrons. The molecule has 1 aliphatic heterocycles. The summed E-state index contributed by atoms with van der Waals surface area (Å²) in [6, 6.07) is 12.9. The largest absolute Gasteiger partial charge is 0.493 e. The summed E-state index contributed by atoms with van der Waals surface area (Å²) < 4.78 is 16.2. The maximum absolute atomic E-state index is 12.5. The summed E-state index contributed by atoms with van der Waals surface area (Å²) >= 11 is 0. The molecule has 0 unspecified atom stereocenters. The molecule has 1 fully saturated rings.